The molecule has 7 heteroatoms. The molecule has 0 radical (unpaired) electrons. The quantitative estimate of drug-likeness (QED) is 0.635. The van der Waals surface area contributed by atoms with Crippen molar-refractivity contribution in [1.29, 1.82) is 5.26 Å². The van der Waals surface area contributed by atoms with Gasteiger partial charge in [0.2, 0.25) is 0 Å². The fourth-order valence-electron chi connectivity index (χ4n) is 2.06. The maximum Gasteiger partial charge on any atom is 0.418 e. The second-order valence-corrected chi connectivity index (χ2v) is 5.13. The van der Waals surface area contributed by atoms with Crippen LogP contribution in [-0.2, 0) is 11.0 Å². The molecule has 25 heavy (non-hydrogen) atoms. The lowest BCUT2D eigenvalue weighted by Gasteiger charge is -2.12. The summed E-state index contributed by atoms with van der Waals surface area (Å²) >= 11 is 0. The van der Waals surface area contributed by atoms with E-state index in [0.29, 0.717) is 5.69 Å². The highest BCUT2D eigenvalue weighted by Crippen LogP contribution is 2.34. The number of nitrogens with zero attached hydrogens (tertiary/aromatic N) is 1. The third-order valence-corrected chi connectivity index (χ3v) is 3.36. The van der Waals surface area contributed by atoms with E-state index in [-0.39, 0.29) is 11.3 Å². The van der Waals surface area contributed by atoms with Crippen molar-refractivity contribution in [1.82, 2.24) is 0 Å². The Morgan fingerprint density at radius 3 is 2.28 bits per heavy atom. The number of benzene rings is 2. The predicted molar refractivity (Wildman–Crippen MR) is 88.6 cm³/mol. The molecule has 0 saturated heterocycles. The summed E-state index contributed by atoms with van der Waals surface area (Å²) in [5, 5.41) is 14.0. The smallest absolute Gasteiger partial charge is 0.360 e. The van der Waals surface area contributed by atoms with Gasteiger partial charge >= 0.3 is 6.18 Å². The maximum atomic E-state index is 12.9. The first-order valence-electron chi connectivity index (χ1n) is 7.23. The van der Waals surface area contributed by atoms with Crippen molar-refractivity contribution >= 4 is 17.3 Å². The van der Waals surface area contributed by atoms with E-state index in [9.17, 15) is 18.0 Å². The zero-order valence-electron chi connectivity index (χ0n) is 13.2. The molecule has 0 aliphatic rings. The molecule has 128 valence electrons. The molecule has 0 aliphatic carbocycles. The SMILES string of the molecule is Cc1ccccc1NC(=O)/C(C#N)=C\Nc1ccccc1C(F)(F)F. The summed E-state index contributed by atoms with van der Waals surface area (Å²) in [6, 6.07) is 13.4. The summed E-state index contributed by atoms with van der Waals surface area (Å²) in [4.78, 5) is 12.1. The number of nitrogens with one attached hydrogen (secondary N) is 2. The number of amides is 1. The highest BCUT2D eigenvalue weighted by atomic mass is 19.4. The van der Waals surface area contributed by atoms with Crippen molar-refractivity contribution in [2.24, 2.45) is 0 Å². The Hall–Kier alpha value is -3.27. The lowest BCUT2D eigenvalue weighted by Crippen LogP contribution is -2.15. The van der Waals surface area contributed by atoms with Gasteiger partial charge in [0.1, 0.15) is 11.6 Å². The molecule has 0 bridgehead atoms. The first kappa shape index (κ1) is 18.1. The molecule has 0 spiro atoms. The lowest BCUT2D eigenvalue weighted by molar-refractivity contribution is -0.136. The minimum absolute atomic E-state index is 0.244. The maximum absolute atomic E-state index is 12.9. The Balaban J connectivity index is 2.21. The Labute approximate surface area is 142 Å². The van der Waals surface area contributed by atoms with Crippen LogP contribution in [0.1, 0.15) is 11.1 Å². The van der Waals surface area contributed by atoms with Crippen molar-refractivity contribution in [3.63, 3.8) is 0 Å². The largest absolute Gasteiger partial charge is 0.418 e. The van der Waals surface area contributed by atoms with Gasteiger partial charge in [-0.1, -0.05) is 30.3 Å². The molecule has 0 saturated carbocycles. The Kier molecular flexibility index (Phi) is 5.45. The van der Waals surface area contributed by atoms with E-state index in [1.807, 2.05) is 0 Å². The van der Waals surface area contributed by atoms with E-state index < -0.39 is 17.6 Å². The van der Waals surface area contributed by atoms with Crippen LogP contribution in [0.5, 0.6) is 0 Å². The molecule has 1 amide bonds. The van der Waals surface area contributed by atoms with E-state index in [1.54, 1.807) is 37.3 Å². The van der Waals surface area contributed by atoms with Crippen molar-refractivity contribution in [2.75, 3.05) is 10.6 Å². The second-order valence-electron chi connectivity index (χ2n) is 5.13. The van der Waals surface area contributed by atoms with Gasteiger partial charge in [0.15, 0.2) is 0 Å². The first-order valence-corrected chi connectivity index (χ1v) is 7.23. The van der Waals surface area contributed by atoms with Gasteiger partial charge in [-0.3, -0.25) is 4.79 Å². The number of para-hydroxylation sites is 2. The van der Waals surface area contributed by atoms with Gasteiger partial charge < -0.3 is 10.6 Å². The summed E-state index contributed by atoms with van der Waals surface area (Å²) in [7, 11) is 0. The van der Waals surface area contributed by atoms with E-state index in [1.165, 1.54) is 18.2 Å². The fraction of sp³-hybridized carbons (Fsp3) is 0.111. The van der Waals surface area contributed by atoms with Crippen molar-refractivity contribution in [2.45, 2.75) is 13.1 Å². The number of alkyl halides is 3. The van der Waals surface area contributed by atoms with Gasteiger partial charge in [-0.15, -0.1) is 0 Å². The molecule has 0 aromatic heterocycles. The van der Waals surface area contributed by atoms with Crippen LogP contribution in [0.2, 0.25) is 0 Å². The summed E-state index contributed by atoms with van der Waals surface area (Å²) < 4.78 is 38.8. The minimum Gasteiger partial charge on any atom is -0.360 e. The van der Waals surface area contributed by atoms with Gasteiger partial charge in [0.05, 0.1) is 11.3 Å². The highest BCUT2D eigenvalue weighted by molar-refractivity contribution is 6.07. The second kappa shape index (κ2) is 7.53. The number of hydrogen-bond donors (Lipinski definition) is 2. The molecule has 0 atom stereocenters. The van der Waals surface area contributed by atoms with E-state index in [4.69, 9.17) is 5.26 Å². The lowest BCUT2D eigenvalue weighted by atomic mass is 10.1. The number of carbonyl (C=O) groups is 1. The van der Waals surface area contributed by atoms with Gasteiger partial charge in [0.25, 0.3) is 5.91 Å². The monoisotopic (exact) mass is 345 g/mol. The molecule has 0 unspecified atom stereocenters. The molecule has 0 fully saturated rings. The molecule has 4 nitrogen and oxygen atoms in total. The average molecular weight is 345 g/mol. The minimum atomic E-state index is -4.55. The van der Waals surface area contributed by atoms with E-state index in [2.05, 4.69) is 10.6 Å². The van der Waals surface area contributed by atoms with Crippen LogP contribution in [0, 0.1) is 18.3 Å². The molecule has 2 aromatic rings. The van der Waals surface area contributed by atoms with E-state index in [0.717, 1.165) is 17.8 Å². The molecule has 0 heterocycles. The number of aryl methyl sites for hydroxylation is 1. The Bertz CT molecular complexity index is 851. The topological polar surface area (TPSA) is 64.9 Å². The molecule has 2 rings (SSSR count). The van der Waals surface area contributed by atoms with Crippen LogP contribution in [0.15, 0.2) is 60.3 Å². The van der Waals surface area contributed by atoms with Gasteiger partial charge in [-0.25, -0.2) is 0 Å². The number of rotatable bonds is 4. The average Bonchev–Trinajstić information content (AvgIpc) is 2.57. The van der Waals surface area contributed by atoms with Crippen molar-refractivity contribution < 1.29 is 18.0 Å². The summed E-state index contributed by atoms with van der Waals surface area (Å²) in [5.41, 5.74) is -0.164. The number of hydrogen-bond acceptors (Lipinski definition) is 3. The number of halogens is 3. The molecular weight excluding hydrogens is 331 g/mol. The summed E-state index contributed by atoms with van der Waals surface area (Å²) in [6.07, 6.45) is -3.59. The van der Waals surface area contributed by atoms with Crippen molar-refractivity contribution in [3.05, 3.63) is 71.4 Å². The standard InChI is InChI=1S/C18H14F3N3O/c1-12-6-2-4-8-15(12)24-17(25)13(10-22)11-23-16-9-5-3-7-14(16)18(19,20)21/h2-9,11,23H,1H3,(H,24,25)/b13-11-. The fourth-order valence-corrected chi connectivity index (χ4v) is 2.06. The summed E-state index contributed by atoms with van der Waals surface area (Å²) in [5.74, 6) is -0.714. The van der Waals surface area contributed by atoms with Crippen LogP contribution in [0.25, 0.3) is 0 Å². The molecular formula is C18H14F3N3O. The van der Waals surface area contributed by atoms with Gasteiger partial charge in [-0.05, 0) is 30.7 Å². The van der Waals surface area contributed by atoms with E-state index >= 15 is 0 Å². The predicted octanol–water partition coefficient (Wildman–Crippen LogP) is 4.47. The van der Waals surface area contributed by atoms with Crippen LogP contribution in [-0.4, -0.2) is 5.91 Å². The summed E-state index contributed by atoms with van der Waals surface area (Å²) in [6.45, 7) is 1.78. The molecule has 0 aliphatic heterocycles. The third-order valence-electron chi connectivity index (χ3n) is 3.36. The number of carbonyl (C=O) groups excluding carboxylic acids is 1. The number of anilines is 2. The Morgan fingerprint density at radius 2 is 1.68 bits per heavy atom. The van der Waals surface area contributed by atoms with Gasteiger partial charge in [0, 0.05) is 11.9 Å². The van der Waals surface area contributed by atoms with Crippen LogP contribution >= 0.6 is 0 Å². The molecule has 2 N–H and O–H groups in total. The Morgan fingerprint density at radius 1 is 1.08 bits per heavy atom. The zero-order valence-corrected chi connectivity index (χ0v) is 13.2. The van der Waals surface area contributed by atoms with Crippen LogP contribution in [0.4, 0.5) is 24.5 Å². The zero-order chi connectivity index (χ0) is 18.4. The number of nitriles is 1. The first-order chi connectivity index (χ1) is 11.8. The van der Waals surface area contributed by atoms with Crippen molar-refractivity contribution in [3.8, 4) is 6.07 Å². The highest BCUT2D eigenvalue weighted by Gasteiger charge is 2.33. The third kappa shape index (κ3) is 4.61. The molecule has 2 aromatic carbocycles. The normalized spacial score (nSPS) is 11.6. The van der Waals surface area contributed by atoms with Crippen LogP contribution < -0.4 is 10.6 Å². The van der Waals surface area contributed by atoms with Gasteiger partial charge in [-0.2, -0.15) is 18.4 Å². The van der Waals surface area contributed by atoms with Crippen LogP contribution in [0.3, 0.4) is 0 Å².